The molecule has 0 saturated heterocycles. The van der Waals surface area contributed by atoms with Gasteiger partial charge in [-0.25, -0.2) is 0 Å². The van der Waals surface area contributed by atoms with E-state index in [0.29, 0.717) is 0 Å². The van der Waals surface area contributed by atoms with E-state index >= 15 is 0 Å². The molecule has 0 unspecified atom stereocenters. The first-order chi connectivity index (χ1) is 2.77. The number of hydrogen-bond donors (Lipinski definition) is 1. The van der Waals surface area contributed by atoms with Gasteiger partial charge in [-0.05, 0) is 5.92 Å². The maximum Gasteiger partial charge on any atom is -0.0471 e. The van der Waals surface area contributed by atoms with Gasteiger partial charge in [0.15, 0.2) is 0 Å². The SMILES string of the molecule is CCCC(C)C.Cl.N. The second-order valence-corrected chi connectivity index (χ2v) is 2.18. The third-order valence-corrected chi connectivity index (χ3v) is 0.866. The highest BCUT2D eigenvalue weighted by Crippen LogP contribution is 2.00. The quantitative estimate of drug-likeness (QED) is 0.627. The van der Waals surface area contributed by atoms with Gasteiger partial charge >= 0.3 is 0 Å². The largest absolute Gasteiger partial charge is 0.344 e. The topological polar surface area (TPSA) is 35.0 Å². The monoisotopic (exact) mass is 139 g/mol. The molecule has 0 aromatic carbocycles. The molecule has 0 saturated carbocycles. The molecule has 0 amide bonds. The van der Waals surface area contributed by atoms with E-state index < -0.39 is 0 Å². The van der Waals surface area contributed by atoms with Gasteiger partial charge in [-0.1, -0.05) is 33.6 Å². The molecule has 0 aromatic heterocycles. The van der Waals surface area contributed by atoms with Gasteiger partial charge in [0.05, 0.1) is 0 Å². The molecule has 0 heterocycles. The summed E-state index contributed by atoms with van der Waals surface area (Å²) >= 11 is 0. The van der Waals surface area contributed by atoms with Crippen LogP contribution in [0.2, 0.25) is 0 Å². The summed E-state index contributed by atoms with van der Waals surface area (Å²) in [7, 11) is 0. The van der Waals surface area contributed by atoms with Gasteiger partial charge in [-0.3, -0.25) is 0 Å². The van der Waals surface area contributed by atoms with Crippen molar-refractivity contribution in [3.63, 3.8) is 0 Å². The maximum atomic E-state index is 2.25. The minimum absolute atomic E-state index is 0. The summed E-state index contributed by atoms with van der Waals surface area (Å²) in [6.45, 7) is 6.73. The minimum Gasteiger partial charge on any atom is -0.344 e. The van der Waals surface area contributed by atoms with Gasteiger partial charge < -0.3 is 6.15 Å². The molecule has 0 aliphatic carbocycles. The highest BCUT2D eigenvalue weighted by atomic mass is 35.5. The Balaban J connectivity index is -0.000000125. The second-order valence-electron chi connectivity index (χ2n) is 2.18. The van der Waals surface area contributed by atoms with E-state index in [0.717, 1.165) is 5.92 Å². The van der Waals surface area contributed by atoms with Gasteiger partial charge in [-0.15, -0.1) is 12.4 Å². The Labute approximate surface area is 58.9 Å². The molecule has 0 aliphatic rings. The zero-order valence-electron chi connectivity index (χ0n) is 6.11. The van der Waals surface area contributed by atoms with Crippen molar-refractivity contribution in [1.82, 2.24) is 6.15 Å². The molecule has 1 nitrogen and oxygen atoms in total. The van der Waals surface area contributed by atoms with Gasteiger partial charge in [0, 0.05) is 0 Å². The molecule has 0 atom stereocenters. The molecule has 0 radical (unpaired) electrons. The van der Waals surface area contributed by atoms with Crippen molar-refractivity contribution in [2.24, 2.45) is 5.92 Å². The zero-order valence-corrected chi connectivity index (χ0v) is 6.92. The molecule has 0 bridgehead atoms. The van der Waals surface area contributed by atoms with E-state index in [9.17, 15) is 0 Å². The van der Waals surface area contributed by atoms with Crippen molar-refractivity contribution in [2.45, 2.75) is 33.6 Å². The van der Waals surface area contributed by atoms with Crippen LogP contribution in [0.3, 0.4) is 0 Å². The highest BCUT2D eigenvalue weighted by molar-refractivity contribution is 5.85. The smallest absolute Gasteiger partial charge is 0.0471 e. The van der Waals surface area contributed by atoms with E-state index in [2.05, 4.69) is 20.8 Å². The van der Waals surface area contributed by atoms with Crippen molar-refractivity contribution in [2.75, 3.05) is 0 Å². The third kappa shape index (κ3) is 16.3. The van der Waals surface area contributed by atoms with E-state index in [1.165, 1.54) is 12.8 Å². The fourth-order valence-corrected chi connectivity index (χ4v) is 0.577. The fraction of sp³-hybridized carbons (Fsp3) is 1.00. The molecule has 3 N–H and O–H groups in total. The fourth-order valence-electron chi connectivity index (χ4n) is 0.577. The lowest BCUT2D eigenvalue weighted by molar-refractivity contribution is 0.576. The lowest BCUT2D eigenvalue weighted by atomic mass is 10.1. The lowest BCUT2D eigenvalue weighted by Gasteiger charge is -1.95. The highest BCUT2D eigenvalue weighted by Gasteiger charge is 1.85. The molecule has 54 valence electrons. The maximum absolute atomic E-state index is 2.25. The molecule has 0 aromatic rings. The number of hydrogen-bond acceptors (Lipinski definition) is 1. The van der Waals surface area contributed by atoms with Crippen LogP contribution in [0.1, 0.15) is 33.6 Å². The van der Waals surface area contributed by atoms with E-state index in [4.69, 9.17) is 0 Å². The molecular weight excluding hydrogens is 122 g/mol. The summed E-state index contributed by atoms with van der Waals surface area (Å²) in [6.07, 6.45) is 2.71. The van der Waals surface area contributed by atoms with Crippen LogP contribution < -0.4 is 6.15 Å². The van der Waals surface area contributed by atoms with Crippen LogP contribution >= 0.6 is 12.4 Å². The molecule has 0 aliphatic heterocycles. The van der Waals surface area contributed by atoms with E-state index in [-0.39, 0.29) is 18.6 Å². The van der Waals surface area contributed by atoms with Gasteiger partial charge in [0.25, 0.3) is 0 Å². The lowest BCUT2D eigenvalue weighted by Crippen LogP contribution is -1.81. The number of halogens is 1. The summed E-state index contributed by atoms with van der Waals surface area (Å²) in [5, 5.41) is 0. The Morgan fingerprint density at radius 2 is 1.62 bits per heavy atom. The standard InChI is InChI=1S/C6H14.ClH.H3N/c1-4-5-6(2)3;;/h6H,4-5H2,1-3H3;1H;1H3. The van der Waals surface area contributed by atoms with E-state index in [1.807, 2.05) is 0 Å². The summed E-state index contributed by atoms with van der Waals surface area (Å²) in [4.78, 5) is 0. The van der Waals surface area contributed by atoms with Crippen LogP contribution in [0.5, 0.6) is 0 Å². The minimum atomic E-state index is 0. The summed E-state index contributed by atoms with van der Waals surface area (Å²) in [5.41, 5.74) is 0. The average molecular weight is 140 g/mol. The third-order valence-electron chi connectivity index (χ3n) is 0.866. The molecule has 0 rings (SSSR count). The zero-order chi connectivity index (χ0) is 4.99. The summed E-state index contributed by atoms with van der Waals surface area (Å²) in [5.74, 6) is 0.898. The average Bonchev–Trinajstić information content (AvgIpc) is 1.35. The second kappa shape index (κ2) is 10.3. The Bertz CT molecular complexity index is 29.7. The number of rotatable bonds is 2. The van der Waals surface area contributed by atoms with Gasteiger partial charge in [0.2, 0.25) is 0 Å². The van der Waals surface area contributed by atoms with Gasteiger partial charge in [0.1, 0.15) is 0 Å². The first-order valence-corrected chi connectivity index (χ1v) is 2.77. The Kier molecular flexibility index (Phi) is 20.2. The van der Waals surface area contributed by atoms with E-state index in [1.54, 1.807) is 0 Å². The Hall–Kier alpha value is 0.250. The van der Waals surface area contributed by atoms with Crippen molar-refractivity contribution in [3.05, 3.63) is 0 Å². The predicted molar refractivity (Wildman–Crippen MR) is 42.0 cm³/mol. The van der Waals surface area contributed by atoms with Crippen molar-refractivity contribution in [3.8, 4) is 0 Å². The molecule has 0 fully saturated rings. The van der Waals surface area contributed by atoms with Crippen LogP contribution in [-0.2, 0) is 0 Å². The first kappa shape index (κ1) is 15.7. The Morgan fingerprint density at radius 3 is 1.62 bits per heavy atom. The first-order valence-electron chi connectivity index (χ1n) is 2.77. The van der Waals surface area contributed by atoms with Crippen molar-refractivity contribution in [1.29, 1.82) is 0 Å². The van der Waals surface area contributed by atoms with Crippen LogP contribution in [0.25, 0.3) is 0 Å². The molecule has 0 spiro atoms. The summed E-state index contributed by atoms with van der Waals surface area (Å²) in [6, 6.07) is 0. The Morgan fingerprint density at radius 1 is 1.25 bits per heavy atom. The summed E-state index contributed by atoms with van der Waals surface area (Å²) < 4.78 is 0. The predicted octanol–water partition coefficient (Wildman–Crippen LogP) is 3.03. The van der Waals surface area contributed by atoms with Gasteiger partial charge in [-0.2, -0.15) is 0 Å². The van der Waals surface area contributed by atoms with Crippen molar-refractivity contribution < 1.29 is 0 Å². The van der Waals surface area contributed by atoms with Crippen LogP contribution in [0.4, 0.5) is 0 Å². The normalized spacial score (nSPS) is 7.50. The molecule has 2 heteroatoms. The molecule has 8 heavy (non-hydrogen) atoms. The van der Waals surface area contributed by atoms with Crippen LogP contribution in [0.15, 0.2) is 0 Å². The van der Waals surface area contributed by atoms with Crippen LogP contribution in [0, 0.1) is 5.92 Å². The molecular formula is C6H18ClN. The van der Waals surface area contributed by atoms with Crippen molar-refractivity contribution >= 4 is 12.4 Å². The van der Waals surface area contributed by atoms with Crippen LogP contribution in [-0.4, -0.2) is 0 Å².